The molecule has 0 aromatic carbocycles. The van der Waals surface area contributed by atoms with E-state index in [9.17, 15) is 5.11 Å². The number of aliphatic hydroxyl groups is 1. The summed E-state index contributed by atoms with van der Waals surface area (Å²) in [7, 11) is 2.00. The number of aromatic nitrogens is 2. The first kappa shape index (κ1) is 13.6. The zero-order chi connectivity index (χ0) is 13.0. The highest BCUT2D eigenvalue weighted by Crippen LogP contribution is 2.30. The fourth-order valence-electron chi connectivity index (χ4n) is 2.92. The second-order valence-electron chi connectivity index (χ2n) is 5.37. The zero-order valence-corrected chi connectivity index (χ0v) is 11.5. The molecule has 0 spiro atoms. The van der Waals surface area contributed by atoms with E-state index in [1.807, 2.05) is 11.7 Å². The van der Waals surface area contributed by atoms with Crippen LogP contribution >= 0.6 is 0 Å². The van der Waals surface area contributed by atoms with Crippen LogP contribution in [-0.2, 0) is 20.0 Å². The van der Waals surface area contributed by atoms with Crippen LogP contribution in [-0.4, -0.2) is 28.0 Å². The van der Waals surface area contributed by atoms with E-state index in [1.165, 1.54) is 25.0 Å². The summed E-state index contributed by atoms with van der Waals surface area (Å²) in [5.41, 5.74) is 2.40. The Morgan fingerprint density at radius 2 is 2.22 bits per heavy atom. The van der Waals surface area contributed by atoms with Crippen LogP contribution in [0.5, 0.6) is 0 Å². The molecule has 1 saturated carbocycles. The molecule has 2 unspecified atom stereocenters. The van der Waals surface area contributed by atoms with Crippen molar-refractivity contribution in [2.24, 2.45) is 18.9 Å². The van der Waals surface area contributed by atoms with Crippen LogP contribution in [0.2, 0.25) is 0 Å². The van der Waals surface area contributed by atoms with E-state index in [1.54, 1.807) is 0 Å². The third-order valence-electron chi connectivity index (χ3n) is 4.15. The third-order valence-corrected chi connectivity index (χ3v) is 4.15. The van der Waals surface area contributed by atoms with Crippen molar-refractivity contribution in [3.63, 3.8) is 0 Å². The molecule has 1 aliphatic carbocycles. The van der Waals surface area contributed by atoms with Gasteiger partial charge in [0, 0.05) is 20.2 Å². The lowest BCUT2D eigenvalue weighted by molar-refractivity contribution is 0.192. The monoisotopic (exact) mass is 251 g/mol. The van der Waals surface area contributed by atoms with E-state index in [0.29, 0.717) is 18.4 Å². The number of nitrogens with zero attached hydrogens (tertiary/aromatic N) is 2. The first-order chi connectivity index (χ1) is 8.74. The molecule has 2 rings (SSSR count). The highest BCUT2D eigenvalue weighted by Gasteiger charge is 2.25. The topological polar surface area (TPSA) is 50.1 Å². The summed E-state index contributed by atoms with van der Waals surface area (Å²) < 4.78 is 1.96. The molecule has 1 fully saturated rings. The average molecular weight is 251 g/mol. The molecule has 2 atom stereocenters. The van der Waals surface area contributed by atoms with Gasteiger partial charge in [0.1, 0.15) is 0 Å². The molecule has 4 heteroatoms. The SMILES string of the molecule is CCc1cc(CNCC2CCCC2CO)n(C)n1. The van der Waals surface area contributed by atoms with E-state index >= 15 is 0 Å². The van der Waals surface area contributed by atoms with Gasteiger partial charge in [-0.3, -0.25) is 4.68 Å². The van der Waals surface area contributed by atoms with E-state index in [-0.39, 0.29) is 0 Å². The molecule has 0 bridgehead atoms. The molecule has 0 saturated heterocycles. The molecule has 102 valence electrons. The highest BCUT2D eigenvalue weighted by molar-refractivity contribution is 5.09. The van der Waals surface area contributed by atoms with E-state index in [2.05, 4.69) is 23.4 Å². The summed E-state index contributed by atoms with van der Waals surface area (Å²) in [5, 5.41) is 17.3. The molecule has 0 radical (unpaired) electrons. The van der Waals surface area contributed by atoms with Gasteiger partial charge in [0.2, 0.25) is 0 Å². The lowest BCUT2D eigenvalue weighted by Gasteiger charge is -2.17. The molecule has 4 nitrogen and oxygen atoms in total. The van der Waals surface area contributed by atoms with Crippen LogP contribution in [0.15, 0.2) is 6.07 Å². The first-order valence-corrected chi connectivity index (χ1v) is 7.08. The molecular formula is C14H25N3O. The predicted octanol–water partition coefficient (Wildman–Crippen LogP) is 1.48. The Bertz CT molecular complexity index is 375. The Hall–Kier alpha value is -0.870. The zero-order valence-electron chi connectivity index (χ0n) is 11.5. The quantitative estimate of drug-likeness (QED) is 0.805. The second-order valence-corrected chi connectivity index (χ2v) is 5.37. The van der Waals surface area contributed by atoms with Gasteiger partial charge in [0.05, 0.1) is 11.4 Å². The molecule has 0 aliphatic heterocycles. The van der Waals surface area contributed by atoms with E-state index in [0.717, 1.165) is 25.2 Å². The summed E-state index contributed by atoms with van der Waals surface area (Å²) in [6.07, 6.45) is 4.70. The van der Waals surface area contributed by atoms with Gasteiger partial charge in [0.25, 0.3) is 0 Å². The summed E-state index contributed by atoms with van der Waals surface area (Å²) >= 11 is 0. The molecule has 1 aromatic heterocycles. The Morgan fingerprint density at radius 1 is 1.44 bits per heavy atom. The minimum atomic E-state index is 0.345. The smallest absolute Gasteiger partial charge is 0.0625 e. The Morgan fingerprint density at radius 3 is 2.89 bits per heavy atom. The average Bonchev–Trinajstić information content (AvgIpc) is 2.96. The van der Waals surface area contributed by atoms with Crippen LogP contribution < -0.4 is 5.32 Å². The van der Waals surface area contributed by atoms with Crippen LogP contribution in [0.1, 0.15) is 37.6 Å². The van der Waals surface area contributed by atoms with Crippen LogP contribution in [0.3, 0.4) is 0 Å². The van der Waals surface area contributed by atoms with Crippen molar-refractivity contribution >= 4 is 0 Å². The van der Waals surface area contributed by atoms with Gasteiger partial charge in [-0.1, -0.05) is 13.3 Å². The summed E-state index contributed by atoms with van der Waals surface area (Å²) in [5.74, 6) is 1.16. The molecule has 1 heterocycles. The largest absolute Gasteiger partial charge is 0.396 e. The third kappa shape index (κ3) is 3.12. The minimum absolute atomic E-state index is 0.345. The molecule has 0 amide bonds. The highest BCUT2D eigenvalue weighted by atomic mass is 16.3. The maximum absolute atomic E-state index is 9.29. The number of aryl methyl sites for hydroxylation is 2. The van der Waals surface area contributed by atoms with Crippen molar-refractivity contribution in [1.29, 1.82) is 0 Å². The van der Waals surface area contributed by atoms with Gasteiger partial charge in [-0.05, 0) is 43.7 Å². The molecule has 2 N–H and O–H groups in total. The molecule has 18 heavy (non-hydrogen) atoms. The first-order valence-electron chi connectivity index (χ1n) is 7.08. The van der Waals surface area contributed by atoms with Crippen molar-refractivity contribution in [3.05, 3.63) is 17.5 Å². The Kier molecular flexibility index (Phi) is 4.78. The molecule has 1 aliphatic rings. The van der Waals surface area contributed by atoms with E-state index in [4.69, 9.17) is 0 Å². The maximum Gasteiger partial charge on any atom is 0.0625 e. The van der Waals surface area contributed by atoms with Gasteiger partial charge in [-0.25, -0.2) is 0 Å². The number of aliphatic hydroxyl groups excluding tert-OH is 1. The van der Waals surface area contributed by atoms with Crippen LogP contribution in [0.4, 0.5) is 0 Å². The molecule has 1 aromatic rings. The fraction of sp³-hybridized carbons (Fsp3) is 0.786. The number of rotatable bonds is 6. The predicted molar refractivity (Wildman–Crippen MR) is 72.2 cm³/mol. The lowest BCUT2D eigenvalue weighted by atomic mass is 9.97. The standard InChI is InChI=1S/C14H25N3O/c1-3-13-7-14(17(2)16-13)9-15-8-11-5-4-6-12(11)10-18/h7,11-12,15,18H,3-6,8-10H2,1-2H3. The van der Waals surface area contributed by atoms with Crippen molar-refractivity contribution < 1.29 is 5.11 Å². The Balaban J connectivity index is 1.79. The Labute approximate surface area is 109 Å². The number of nitrogens with one attached hydrogen (secondary N) is 1. The van der Waals surface area contributed by atoms with Gasteiger partial charge >= 0.3 is 0 Å². The summed E-state index contributed by atoms with van der Waals surface area (Å²) in [6.45, 7) is 4.36. The summed E-state index contributed by atoms with van der Waals surface area (Å²) in [4.78, 5) is 0. The van der Waals surface area contributed by atoms with Crippen molar-refractivity contribution in [2.75, 3.05) is 13.2 Å². The van der Waals surface area contributed by atoms with E-state index < -0.39 is 0 Å². The lowest BCUT2D eigenvalue weighted by Crippen LogP contribution is -2.27. The van der Waals surface area contributed by atoms with Crippen LogP contribution in [0.25, 0.3) is 0 Å². The normalized spacial score (nSPS) is 23.7. The van der Waals surface area contributed by atoms with Gasteiger partial charge in [0.15, 0.2) is 0 Å². The molecular weight excluding hydrogens is 226 g/mol. The summed E-state index contributed by atoms with van der Waals surface area (Å²) in [6, 6.07) is 2.17. The van der Waals surface area contributed by atoms with Crippen LogP contribution in [0, 0.1) is 11.8 Å². The van der Waals surface area contributed by atoms with Gasteiger partial charge in [-0.2, -0.15) is 5.10 Å². The fourth-order valence-corrected chi connectivity index (χ4v) is 2.92. The number of hydrogen-bond acceptors (Lipinski definition) is 3. The number of hydrogen-bond donors (Lipinski definition) is 2. The maximum atomic E-state index is 9.29. The van der Waals surface area contributed by atoms with Crippen molar-refractivity contribution in [1.82, 2.24) is 15.1 Å². The van der Waals surface area contributed by atoms with Gasteiger partial charge in [-0.15, -0.1) is 0 Å². The van der Waals surface area contributed by atoms with Gasteiger partial charge < -0.3 is 10.4 Å². The minimum Gasteiger partial charge on any atom is -0.396 e. The van der Waals surface area contributed by atoms with Crippen molar-refractivity contribution in [2.45, 2.75) is 39.2 Å². The van der Waals surface area contributed by atoms with Crippen molar-refractivity contribution in [3.8, 4) is 0 Å². The second kappa shape index (κ2) is 6.34.